The van der Waals surface area contributed by atoms with E-state index in [2.05, 4.69) is 41.8 Å². The molecule has 0 aliphatic carbocycles. The van der Waals surface area contributed by atoms with Gasteiger partial charge in [-0.05, 0) is 77.8 Å². The van der Waals surface area contributed by atoms with Gasteiger partial charge in [0.2, 0.25) is 0 Å². The molecule has 3 heterocycles. The van der Waals surface area contributed by atoms with Crippen LogP contribution in [-0.4, -0.2) is 41.0 Å². The second kappa shape index (κ2) is 6.23. The minimum absolute atomic E-state index is 0.461. The Labute approximate surface area is 123 Å². The molecule has 3 rings (SSSR count). The highest BCUT2D eigenvalue weighted by Crippen LogP contribution is 2.27. The zero-order chi connectivity index (χ0) is 13.9. The first kappa shape index (κ1) is 14.0. The lowest BCUT2D eigenvalue weighted by Gasteiger charge is -2.26. The third kappa shape index (κ3) is 2.89. The van der Waals surface area contributed by atoms with Crippen LogP contribution in [-0.2, 0) is 0 Å². The molecule has 2 saturated heterocycles. The highest BCUT2D eigenvalue weighted by Gasteiger charge is 2.23. The summed E-state index contributed by atoms with van der Waals surface area (Å²) in [6, 6.07) is 7.51. The summed E-state index contributed by atoms with van der Waals surface area (Å²) < 4.78 is 0. The SMILES string of the molecule is C[C@H](c1cccc([C@@H](C)N2CCCC2)n1)N1CCCC1. The summed E-state index contributed by atoms with van der Waals surface area (Å²) in [7, 11) is 0. The lowest BCUT2D eigenvalue weighted by molar-refractivity contribution is 0.247. The molecule has 110 valence electrons. The zero-order valence-corrected chi connectivity index (χ0v) is 12.9. The molecule has 0 bridgehead atoms. The topological polar surface area (TPSA) is 19.4 Å². The number of pyridine rings is 1. The number of rotatable bonds is 4. The summed E-state index contributed by atoms with van der Waals surface area (Å²) in [5.74, 6) is 0. The maximum absolute atomic E-state index is 4.98. The van der Waals surface area contributed by atoms with Crippen LogP contribution in [0.2, 0.25) is 0 Å². The molecule has 0 N–H and O–H groups in total. The Morgan fingerprint density at radius 3 is 1.60 bits per heavy atom. The van der Waals surface area contributed by atoms with Crippen LogP contribution >= 0.6 is 0 Å². The number of hydrogen-bond acceptors (Lipinski definition) is 3. The van der Waals surface area contributed by atoms with E-state index in [-0.39, 0.29) is 0 Å². The van der Waals surface area contributed by atoms with Gasteiger partial charge in [-0.2, -0.15) is 0 Å². The Balaban J connectivity index is 1.74. The van der Waals surface area contributed by atoms with E-state index in [9.17, 15) is 0 Å². The molecule has 20 heavy (non-hydrogen) atoms. The summed E-state index contributed by atoms with van der Waals surface area (Å²) in [6.07, 6.45) is 5.37. The number of likely N-dealkylation sites (tertiary alicyclic amines) is 2. The molecule has 3 heteroatoms. The summed E-state index contributed by atoms with van der Waals surface area (Å²) in [5.41, 5.74) is 2.49. The average Bonchev–Trinajstić information content (AvgIpc) is 3.18. The zero-order valence-electron chi connectivity index (χ0n) is 12.9. The number of nitrogens with zero attached hydrogens (tertiary/aromatic N) is 3. The lowest BCUT2D eigenvalue weighted by atomic mass is 10.1. The molecule has 2 aliphatic rings. The maximum Gasteiger partial charge on any atom is 0.0576 e. The van der Waals surface area contributed by atoms with Gasteiger partial charge in [0.15, 0.2) is 0 Å². The van der Waals surface area contributed by atoms with Crippen LogP contribution in [0.4, 0.5) is 0 Å². The van der Waals surface area contributed by atoms with Gasteiger partial charge in [0.05, 0.1) is 11.4 Å². The predicted octanol–water partition coefficient (Wildman–Crippen LogP) is 3.40. The molecule has 1 aromatic heterocycles. The Morgan fingerprint density at radius 2 is 1.20 bits per heavy atom. The van der Waals surface area contributed by atoms with E-state index in [1.165, 1.54) is 63.3 Å². The molecule has 0 unspecified atom stereocenters. The van der Waals surface area contributed by atoms with Crippen LogP contribution in [0, 0.1) is 0 Å². The van der Waals surface area contributed by atoms with Gasteiger partial charge in [-0.15, -0.1) is 0 Å². The normalized spacial score (nSPS) is 24.1. The van der Waals surface area contributed by atoms with Crippen molar-refractivity contribution < 1.29 is 0 Å². The third-order valence-corrected chi connectivity index (χ3v) is 5.02. The highest BCUT2D eigenvalue weighted by molar-refractivity contribution is 5.17. The van der Waals surface area contributed by atoms with Gasteiger partial charge in [-0.1, -0.05) is 6.07 Å². The summed E-state index contributed by atoms with van der Waals surface area (Å²) in [5, 5.41) is 0. The van der Waals surface area contributed by atoms with E-state index in [4.69, 9.17) is 4.98 Å². The molecule has 0 amide bonds. The Hall–Kier alpha value is -0.930. The molecule has 0 saturated carbocycles. The van der Waals surface area contributed by atoms with Crippen LogP contribution < -0.4 is 0 Å². The molecule has 2 aliphatic heterocycles. The van der Waals surface area contributed by atoms with Crippen molar-refractivity contribution in [2.24, 2.45) is 0 Å². The van der Waals surface area contributed by atoms with E-state index < -0.39 is 0 Å². The first-order valence-electron chi connectivity index (χ1n) is 8.20. The predicted molar refractivity (Wildman–Crippen MR) is 82.7 cm³/mol. The fraction of sp³-hybridized carbons (Fsp3) is 0.706. The fourth-order valence-electron chi connectivity index (χ4n) is 3.57. The second-order valence-corrected chi connectivity index (χ2v) is 6.33. The molecule has 0 spiro atoms. The summed E-state index contributed by atoms with van der Waals surface area (Å²) in [4.78, 5) is 10.1. The van der Waals surface area contributed by atoms with Gasteiger partial charge in [0.1, 0.15) is 0 Å². The van der Waals surface area contributed by atoms with Gasteiger partial charge in [0, 0.05) is 12.1 Å². The largest absolute Gasteiger partial charge is 0.295 e. The molecule has 2 atom stereocenters. The minimum atomic E-state index is 0.461. The van der Waals surface area contributed by atoms with E-state index >= 15 is 0 Å². The first-order valence-corrected chi connectivity index (χ1v) is 8.20. The van der Waals surface area contributed by atoms with Crippen molar-refractivity contribution >= 4 is 0 Å². The van der Waals surface area contributed by atoms with Crippen LogP contribution in [0.3, 0.4) is 0 Å². The molecule has 3 nitrogen and oxygen atoms in total. The molecule has 2 fully saturated rings. The van der Waals surface area contributed by atoms with Gasteiger partial charge in [0.25, 0.3) is 0 Å². The molecular formula is C17H27N3. The average molecular weight is 273 g/mol. The Bertz CT molecular complexity index is 396. The lowest BCUT2D eigenvalue weighted by Crippen LogP contribution is -2.26. The van der Waals surface area contributed by atoms with E-state index in [0.717, 1.165) is 0 Å². The van der Waals surface area contributed by atoms with Crippen molar-refractivity contribution in [3.63, 3.8) is 0 Å². The monoisotopic (exact) mass is 273 g/mol. The third-order valence-electron chi connectivity index (χ3n) is 5.02. The standard InChI is InChI=1S/C17H27N3/c1-14(19-10-3-4-11-19)16-8-7-9-17(18-16)15(2)20-12-5-6-13-20/h7-9,14-15H,3-6,10-13H2,1-2H3/t14-,15-/m1/s1. The Kier molecular flexibility index (Phi) is 4.37. The summed E-state index contributed by atoms with van der Waals surface area (Å²) >= 11 is 0. The highest BCUT2D eigenvalue weighted by atomic mass is 15.2. The maximum atomic E-state index is 4.98. The van der Waals surface area contributed by atoms with Crippen molar-refractivity contribution in [2.45, 2.75) is 51.6 Å². The van der Waals surface area contributed by atoms with Crippen LogP contribution in [0.5, 0.6) is 0 Å². The first-order chi connectivity index (χ1) is 9.75. The van der Waals surface area contributed by atoms with Crippen LogP contribution in [0.1, 0.15) is 63.0 Å². The van der Waals surface area contributed by atoms with Crippen molar-refractivity contribution in [3.8, 4) is 0 Å². The summed E-state index contributed by atoms with van der Waals surface area (Å²) in [6.45, 7) is 9.53. The van der Waals surface area contributed by atoms with Crippen molar-refractivity contribution in [2.75, 3.05) is 26.2 Å². The Morgan fingerprint density at radius 1 is 0.800 bits per heavy atom. The van der Waals surface area contributed by atoms with Gasteiger partial charge < -0.3 is 0 Å². The minimum Gasteiger partial charge on any atom is -0.295 e. The molecule has 0 aromatic carbocycles. The number of aromatic nitrogens is 1. The van der Waals surface area contributed by atoms with Crippen molar-refractivity contribution in [1.29, 1.82) is 0 Å². The number of hydrogen-bond donors (Lipinski definition) is 0. The molecular weight excluding hydrogens is 246 g/mol. The smallest absolute Gasteiger partial charge is 0.0576 e. The fourth-order valence-corrected chi connectivity index (χ4v) is 3.57. The van der Waals surface area contributed by atoms with Gasteiger partial charge >= 0.3 is 0 Å². The van der Waals surface area contributed by atoms with E-state index in [1.807, 2.05) is 0 Å². The van der Waals surface area contributed by atoms with Crippen LogP contribution in [0.25, 0.3) is 0 Å². The van der Waals surface area contributed by atoms with Crippen molar-refractivity contribution in [3.05, 3.63) is 29.6 Å². The molecule has 0 radical (unpaired) electrons. The van der Waals surface area contributed by atoms with Gasteiger partial charge in [-0.3, -0.25) is 14.8 Å². The quantitative estimate of drug-likeness (QED) is 0.838. The van der Waals surface area contributed by atoms with E-state index in [1.54, 1.807) is 0 Å². The molecule has 1 aromatic rings. The van der Waals surface area contributed by atoms with Crippen LogP contribution in [0.15, 0.2) is 18.2 Å². The van der Waals surface area contributed by atoms with E-state index in [0.29, 0.717) is 12.1 Å². The van der Waals surface area contributed by atoms with Gasteiger partial charge in [-0.25, -0.2) is 0 Å². The van der Waals surface area contributed by atoms with Crippen molar-refractivity contribution in [1.82, 2.24) is 14.8 Å². The second-order valence-electron chi connectivity index (χ2n) is 6.33.